The zero-order valence-electron chi connectivity index (χ0n) is 15.3. The van der Waals surface area contributed by atoms with Crippen LogP contribution in [-0.4, -0.2) is 26.8 Å². The smallest absolute Gasteiger partial charge is 0.338 e. The van der Waals surface area contributed by atoms with Gasteiger partial charge in [-0.15, -0.1) is 0 Å². The van der Waals surface area contributed by atoms with E-state index in [0.29, 0.717) is 29.2 Å². The van der Waals surface area contributed by atoms with Crippen molar-refractivity contribution in [2.24, 2.45) is 5.73 Å². The normalized spacial score (nSPS) is 16.7. The van der Waals surface area contributed by atoms with Crippen LogP contribution in [0.25, 0.3) is 0 Å². The Bertz CT molecular complexity index is 805. The highest BCUT2D eigenvalue weighted by molar-refractivity contribution is 5.92. The van der Waals surface area contributed by atoms with E-state index in [4.69, 9.17) is 24.7 Å². The topological polar surface area (TPSA) is 104 Å². The van der Waals surface area contributed by atoms with Gasteiger partial charge in [-0.25, -0.2) is 4.79 Å². The van der Waals surface area contributed by atoms with Crippen molar-refractivity contribution in [1.82, 2.24) is 0 Å². The molecule has 0 saturated heterocycles. The van der Waals surface area contributed by atoms with Crippen LogP contribution >= 0.6 is 0 Å². The maximum atomic E-state index is 12.6. The van der Waals surface area contributed by atoms with Crippen LogP contribution in [0.4, 0.5) is 0 Å². The third-order valence-corrected chi connectivity index (χ3v) is 4.05. The number of allylic oxidation sites excluding steroid dienone is 2. The van der Waals surface area contributed by atoms with E-state index in [9.17, 15) is 10.1 Å². The molecule has 7 heteroatoms. The molecule has 1 aromatic rings. The van der Waals surface area contributed by atoms with Crippen molar-refractivity contribution < 1.29 is 23.7 Å². The number of carbonyl (C=O) groups excluding carboxylic acids is 1. The number of esters is 1. The summed E-state index contributed by atoms with van der Waals surface area (Å²) >= 11 is 0. The first kappa shape index (κ1) is 19.2. The highest BCUT2D eigenvalue weighted by Gasteiger charge is 2.37. The van der Waals surface area contributed by atoms with Crippen molar-refractivity contribution in [3.05, 3.63) is 46.6 Å². The molecule has 0 aliphatic carbocycles. The van der Waals surface area contributed by atoms with E-state index in [2.05, 4.69) is 6.07 Å². The van der Waals surface area contributed by atoms with Gasteiger partial charge in [0.2, 0.25) is 5.88 Å². The predicted molar refractivity (Wildman–Crippen MR) is 94.1 cm³/mol. The number of carbonyl (C=O) groups is 1. The molecule has 7 nitrogen and oxygen atoms in total. The van der Waals surface area contributed by atoms with Crippen molar-refractivity contribution in [3.8, 4) is 17.6 Å². The summed E-state index contributed by atoms with van der Waals surface area (Å²) < 4.78 is 21.3. The molecule has 1 aromatic carbocycles. The first-order chi connectivity index (χ1) is 12.5. The maximum Gasteiger partial charge on any atom is 0.338 e. The molecule has 0 amide bonds. The highest BCUT2D eigenvalue weighted by Crippen LogP contribution is 2.42. The fourth-order valence-electron chi connectivity index (χ4n) is 2.88. The van der Waals surface area contributed by atoms with Crippen LogP contribution in [0.3, 0.4) is 0 Å². The lowest BCUT2D eigenvalue weighted by atomic mass is 9.82. The summed E-state index contributed by atoms with van der Waals surface area (Å²) in [6, 6.07) is 7.24. The second-order valence-corrected chi connectivity index (χ2v) is 5.45. The fraction of sp³-hybridized carbons (Fsp3) is 0.368. The lowest BCUT2D eigenvalue weighted by Gasteiger charge is -2.28. The molecule has 0 saturated carbocycles. The highest BCUT2D eigenvalue weighted by atomic mass is 16.5. The summed E-state index contributed by atoms with van der Waals surface area (Å²) in [5, 5.41) is 9.61. The summed E-state index contributed by atoms with van der Waals surface area (Å²) in [6.45, 7) is 3.76. The first-order valence-electron chi connectivity index (χ1n) is 8.21. The minimum absolute atomic E-state index is 0.0165. The third kappa shape index (κ3) is 3.45. The van der Waals surface area contributed by atoms with Crippen molar-refractivity contribution in [1.29, 1.82) is 5.26 Å². The molecular formula is C19H22N2O5. The maximum absolute atomic E-state index is 12.6. The Hall–Kier alpha value is -3.14. The summed E-state index contributed by atoms with van der Waals surface area (Å²) in [4.78, 5) is 12.6. The molecule has 2 N–H and O–H groups in total. The largest absolute Gasteiger partial charge is 0.493 e. The Morgan fingerprint density at radius 3 is 2.50 bits per heavy atom. The number of nitrogens with two attached hydrogens (primary N) is 1. The number of methoxy groups -OCH3 is 2. The molecule has 1 heterocycles. The van der Waals surface area contributed by atoms with E-state index in [-0.39, 0.29) is 23.6 Å². The SMILES string of the molecule is CCOC(=O)C1=C(CC)OC(N)=C(C#N)C1c1ccc(OC)c(OC)c1. The van der Waals surface area contributed by atoms with Crippen LogP contribution in [-0.2, 0) is 14.3 Å². The molecule has 1 aliphatic rings. The quantitative estimate of drug-likeness (QED) is 0.780. The molecular weight excluding hydrogens is 336 g/mol. The summed E-state index contributed by atoms with van der Waals surface area (Å²) in [7, 11) is 3.05. The van der Waals surface area contributed by atoms with Crippen molar-refractivity contribution >= 4 is 5.97 Å². The van der Waals surface area contributed by atoms with Crippen LogP contribution in [0.2, 0.25) is 0 Å². The Balaban J connectivity index is 2.68. The number of hydrogen-bond donors (Lipinski definition) is 1. The van der Waals surface area contributed by atoms with Gasteiger partial charge in [-0.05, 0) is 24.6 Å². The minimum Gasteiger partial charge on any atom is -0.493 e. The molecule has 0 spiro atoms. The molecule has 2 rings (SSSR count). The standard InChI is InChI=1S/C19H22N2O5/c1-5-13-17(19(22)25-6-2)16(12(10-20)18(21)26-13)11-7-8-14(23-3)15(9-11)24-4/h7-9,16H,5-6,21H2,1-4H3. The molecule has 0 aromatic heterocycles. The van der Waals surface area contributed by atoms with Gasteiger partial charge in [0.05, 0.1) is 32.3 Å². The molecule has 1 atom stereocenters. The van der Waals surface area contributed by atoms with Gasteiger partial charge in [-0.1, -0.05) is 13.0 Å². The summed E-state index contributed by atoms with van der Waals surface area (Å²) in [5.41, 5.74) is 7.01. The van der Waals surface area contributed by atoms with E-state index in [0.717, 1.165) is 0 Å². The van der Waals surface area contributed by atoms with E-state index in [1.54, 1.807) is 25.1 Å². The van der Waals surface area contributed by atoms with Gasteiger partial charge >= 0.3 is 5.97 Å². The number of ether oxygens (including phenoxy) is 4. The monoisotopic (exact) mass is 358 g/mol. The van der Waals surface area contributed by atoms with Crippen molar-refractivity contribution in [3.63, 3.8) is 0 Å². The number of benzene rings is 1. The lowest BCUT2D eigenvalue weighted by molar-refractivity contribution is -0.139. The zero-order chi connectivity index (χ0) is 19.3. The molecule has 0 bridgehead atoms. The zero-order valence-corrected chi connectivity index (χ0v) is 15.3. The van der Waals surface area contributed by atoms with Crippen molar-refractivity contribution in [2.45, 2.75) is 26.2 Å². The van der Waals surface area contributed by atoms with Crippen LogP contribution in [0.1, 0.15) is 31.7 Å². The second-order valence-electron chi connectivity index (χ2n) is 5.45. The predicted octanol–water partition coefficient (Wildman–Crippen LogP) is 2.74. The molecule has 0 radical (unpaired) electrons. The second kappa shape index (κ2) is 8.30. The van der Waals surface area contributed by atoms with Crippen LogP contribution in [0.5, 0.6) is 11.5 Å². The van der Waals surface area contributed by atoms with Gasteiger partial charge in [0, 0.05) is 6.42 Å². The van der Waals surface area contributed by atoms with Gasteiger partial charge < -0.3 is 24.7 Å². The molecule has 0 fully saturated rings. The van der Waals surface area contributed by atoms with E-state index < -0.39 is 11.9 Å². The summed E-state index contributed by atoms with van der Waals surface area (Å²) in [5.74, 6) is 0.147. The average Bonchev–Trinajstić information content (AvgIpc) is 2.66. The molecule has 26 heavy (non-hydrogen) atoms. The van der Waals surface area contributed by atoms with E-state index in [1.165, 1.54) is 14.2 Å². The Labute approximate surface area is 152 Å². The summed E-state index contributed by atoms with van der Waals surface area (Å²) in [6.07, 6.45) is 0.428. The van der Waals surface area contributed by atoms with Gasteiger partial charge in [0.15, 0.2) is 11.5 Å². The molecule has 138 valence electrons. The minimum atomic E-state index is -0.706. The van der Waals surface area contributed by atoms with E-state index >= 15 is 0 Å². The number of rotatable bonds is 6. The lowest BCUT2D eigenvalue weighted by Crippen LogP contribution is -2.26. The Morgan fingerprint density at radius 1 is 1.27 bits per heavy atom. The van der Waals surface area contributed by atoms with Crippen LogP contribution in [0.15, 0.2) is 41.0 Å². The van der Waals surface area contributed by atoms with E-state index in [1.807, 2.05) is 6.92 Å². The third-order valence-electron chi connectivity index (χ3n) is 4.05. The number of nitrogens with zero attached hydrogens (tertiary/aromatic N) is 1. The number of hydrogen-bond acceptors (Lipinski definition) is 7. The molecule has 1 aliphatic heterocycles. The Morgan fingerprint density at radius 2 is 1.96 bits per heavy atom. The average molecular weight is 358 g/mol. The molecule has 1 unspecified atom stereocenters. The number of nitriles is 1. The Kier molecular flexibility index (Phi) is 6.12. The van der Waals surface area contributed by atoms with Crippen LogP contribution < -0.4 is 15.2 Å². The fourth-order valence-corrected chi connectivity index (χ4v) is 2.88. The first-order valence-corrected chi connectivity index (χ1v) is 8.21. The van der Waals surface area contributed by atoms with Crippen molar-refractivity contribution in [2.75, 3.05) is 20.8 Å². The van der Waals surface area contributed by atoms with Gasteiger partial charge in [-0.2, -0.15) is 5.26 Å². The van der Waals surface area contributed by atoms with Gasteiger partial charge in [0.1, 0.15) is 17.4 Å². The van der Waals surface area contributed by atoms with Crippen LogP contribution in [0, 0.1) is 11.3 Å². The van der Waals surface area contributed by atoms with Gasteiger partial charge in [0.25, 0.3) is 0 Å². The van der Waals surface area contributed by atoms with Gasteiger partial charge in [-0.3, -0.25) is 0 Å².